The highest BCUT2D eigenvalue weighted by atomic mass is 16.5. The Kier molecular flexibility index (Phi) is 3.20. The summed E-state index contributed by atoms with van der Waals surface area (Å²) < 4.78 is 5.31. The van der Waals surface area contributed by atoms with Gasteiger partial charge in [-0.25, -0.2) is 0 Å². The Balaban J connectivity index is 2.27. The Morgan fingerprint density at radius 2 is 2.25 bits per heavy atom. The lowest BCUT2D eigenvalue weighted by Gasteiger charge is -2.35. The molecule has 0 aromatic heterocycles. The maximum absolute atomic E-state index is 5.31. The van der Waals surface area contributed by atoms with E-state index in [9.17, 15) is 0 Å². The van der Waals surface area contributed by atoms with Crippen molar-refractivity contribution < 1.29 is 10.1 Å². The first-order valence-corrected chi connectivity index (χ1v) is 6.10. The Bertz CT molecular complexity index is 364. The number of benzene rings is 1. The molecule has 1 aliphatic heterocycles. The molecule has 0 spiro atoms. The smallest absolute Gasteiger partial charge is 0.119 e. The molecule has 2 nitrogen and oxygen atoms in total. The molecule has 0 bridgehead atoms. The van der Waals surface area contributed by atoms with Crippen LogP contribution in [0.5, 0.6) is 5.75 Å². The maximum Gasteiger partial charge on any atom is 0.119 e. The first kappa shape index (κ1) is 11.5. The summed E-state index contributed by atoms with van der Waals surface area (Å²) in [6, 6.07) is 8.53. The molecule has 1 aromatic carbocycles. The Morgan fingerprint density at radius 1 is 1.44 bits per heavy atom. The molecule has 2 rings (SSSR count). The predicted molar refractivity (Wildman–Crippen MR) is 65.8 cm³/mol. The molecule has 1 saturated heterocycles. The zero-order valence-electron chi connectivity index (χ0n) is 10.5. The highest BCUT2D eigenvalue weighted by molar-refractivity contribution is 5.33. The molecule has 1 heterocycles. The minimum Gasteiger partial charge on any atom is -0.497 e. The SMILES string of the molecule is COc1cccc([C@@]2(C)C[NH2+]C[C@H](C)C2)c1. The van der Waals surface area contributed by atoms with Crippen LogP contribution in [0.3, 0.4) is 0 Å². The van der Waals surface area contributed by atoms with Crippen molar-refractivity contribution in [2.24, 2.45) is 5.92 Å². The third-order valence-corrected chi connectivity index (χ3v) is 3.73. The summed E-state index contributed by atoms with van der Waals surface area (Å²) in [6.07, 6.45) is 1.27. The fourth-order valence-corrected chi connectivity index (χ4v) is 2.86. The van der Waals surface area contributed by atoms with E-state index in [2.05, 4.69) is 37.4 Å². The predicted octanol–water partition coefficient (Wildman–Crippen LogP) is 1.56. The number of hydrogen-bond acceptors (Lipinski definition) is 1. The summed E-state index contributed by atoms with van der Waals surface area (Å²) in [7, 11) is 1.73. The normalized spacial score (nSPS) is 30.1. The summed E-state index contributed by atoms with van der Waals surface area (Å²) in [5.41, 5.74) is 1.71. The molecule has 0 radical (unpaired) electrons. The van der Waals surface area contributed by atoms with Crippen molar-refractivity contribution in [3.05, 3.63) is 29.8 Å². The van der Waals surface area contributed by atoms with Crippen molar-refractivity contribution in [2.75, 3.05) is 20.2 Å². The van der Waals surface area contributed by atoms with Crippen molar-refractivity contribution >= 4 is 0 Å². The van der Waals surface area contributed by atoms with Crippen LogP contribution >= 0.6 is 0 Å². The second-order valence-electron chi connectivity index (χ2n) is 5.33. The van der Waals surface area contributed by atoms with E-state index in [4.69, 9.17) is 4.74 Å². The van der Waals surface area contributed by atoms with Crippen LogP contribution in [0.15, 0.2) is 24.3 Å². The third-order valence-electron chi connectivity index (χ3n) is 3.73. The molecule has 1 aliphatic rings. The molecule has 1 fully saturated rings. The molecule has 1 aromatic rings. The van der Waals surface area contributed by atoms with E-state index in [-0.39, 0.29) is 0 Å². The van der Waals surface area contributed by atoms with Crippen molar-refractivity contribution in [3.63, 3.8) is 0 Å². The monoisotopic (exact) mass is 220 g/mol. The highest BCUT2D eigenvalue weighted by Gasteiger charge is 2.34. The average Bonchev–Trinajstić information content (AvgIpc) is 2.29. The third kappa shape index (κ3) is 2.22. The standard InChI is InChI=1S/C14H21NO/c1-11-8-14(2,10-15-9-11)12-5-4-6-13(7-12)16-3/h4-7,11,15H,8-10H2,1-3H3/p+1/t11-,14-/m1/s1. The zero-order chi connectivity index (χ0) is 11.6. The second kappa shape index (κ2) is 4.46. The molecule has 0 amide bonds. The number of hydrogen-bond donors (Lipinski definition) is 1. The Morgan fingerprint density at radius 3 is 2.94 bits per heavy atom. The molecular weight excluding hydrogens is 198 g/mol. The lowest BCUT2D eigenvalue weighted by molar-refractivity contribution is -0.676. The average molecular weight is 220 g/mol. The number of quaternary nitrogens is 1. The van der Waals surface area contributed by atoms with Crippen LogP contribution in [0.25, 0.3) is 0 Å². The van der Waals surface area contributed by atoms with Crippen LogP contribution in [0, 0.1) is 5.92 Å². The molecule has 0 saturated carbocycles. The Labute approximate surface area is 98.0 Å². The molecule has 0 aliphatic carbocycles. The summed E-state index contributed by atoms with van der Waals surface area (Å²) in [4.78, 5) is 0. The van der Waals surface area contributed by atoms with Gasteiger partial charge in [-0.05, 0) is 24.1 Å². The molecular formula is C14H22NO+. The van der Waals surface area contributed by atoms with Crippen LogP contribution in [0.1, 0.15) is 25.8 Å². The van der Waals surface area contributed by atoms with Crippen LogP contribution in [0.2, 0.25) is 0 Å². The lowest BCUT2D eigenvalue weighted by atomic mass is 9.73. The zero-order valence-corrected chi connectivity index (χ0v) is 10.5. The Hall–Kier alpha value is -1.02. The van der Waals surface area contributed by atoms with Crippen LogP contribution in [-0.4, -0.2) is 20.2 Å². The first-order chi connectivity index (χ1) is 7.64. The number of piperidine rings is 1. The van der Waals surface area contributed by atoms with Gasteiger partial charge < -0.3 is 10.1 Å². The topological polar surface area (TPSA) is 25.8 Å². The van der Waals surface area contributed by atoms with Gasteiger partial charge in [-0.1, -0.05) is 26.0 Å². The minimum atomic E-state index is 0.298. The van der Waals surface area contributed by atoms with E-state index in [0.717, 1.165) is 11.7 Å². The van der Waals surface area contributed by atoms with E-state index in [0.29, 0.717) is 5.41 Å². The van der Waals surface area contributed by atoms with Crippen LogP contribution in [-0.2, 0) is 5.41 Å². The van der Waals surface area contributed by atoms with Gasteiger partial charge in [0.25, 0.3) is 0 Å². The van der Waals surface area contributed by atoms with Gasteiger partial charge >= 0.3 is 0 Å². The van der Waals surface area contributed by atoms with Crippen molar-refractivity contribution in [3.8, 4) is 5.75 Å². The number of nitrogens with two attached hydrogens (primary N) is 1. The van der Waals surface area contributed by atoms with E-state index >= 15 is 0 Å². The summed E-state index contributed by atoms with van der Waals surface area (Å²) in [5.74, 6) is 1.77. The summed E-state index contributed by atoms with van der Waals surface area (Å²) >= 11 is 0. The fourth-order valence-electron chi connectivity index (χ4n) is 2.86. The van der Waals surface area contributed by atoms with Gasteiger partial charge in [-0.15, -0.1) is 0 Å². The minimum absolute atomic E-state index is 0.298. The number of methoxy groups -OCH3 is 1. The molecule has 2 heteroatoms. The van der Waals surface area contributed by atoms with Gasteiger partial charge in [0.2, 0.25) is 0 Å². The van der Waals surface area contributed by atoms with Gasteiger partial charge in [0.1, 0.15) is 5.75 Å². The van der Waals surface area contributed by atoms with Crippen molar-refractivity contribution in [2.45, 2.75) is 25.7 Å². The largest absolute Gasteiger partial charge is 0.497 e. The van der Waals surface area contributed by atoms with Crippen LogP contribution in [0.4, 0.5) is 0 Å². The van der Waals surface area contributed by atoms with Crippen molar-refractivity contribution in [1.82, 2.24) is 0 Å². The molecule has 16 heavy (non-hydrogen) atoms. The van der Waals surface area contributed by atoms with Gasteiger partial charge in [0, 0.05) is 11.3 Å². The van der Waals surface area contributed by atoms with Crippen molar-refractivity contribution in [1.29, 1.82) is 0 Å². The van der Waals surface area contributed by atoms with Gasteiger partial charge in [-0.2, -0.15) is 0 Å². The van der Waals surface area contributed by atoms with E-state index in [1.165, 1.54) is 25.1 Å². The number of rotatable bonds is 2. The quantitative estimate of drug-likeness (QED) is 0.804. The lowest BCUT2D eigenvalue weighted by Crippen LogP contribution is -2.90. The van der Waals surface area contributed by atoms with Gasteiger partial charge in [0.15, 0.2) is 0 Å². The molecule has 0 unspecified atom stereocenters. The van der Waals surface area contributed by atoms with Crippen LogP contribution < -0.4 is 10.1 Å². The second-order valence-corrected chi connectivity index (χ2v) is 5.33. The molecule has 2 atom stereocenters. The first-order valence-electron chi connectivity index (χ1n) is 6.10. The summed E-state index contributed by atoms with van der Waals surface area (Å²) in [5, 5.41) is 2.44. The van der Waals surface area contributed by atoms with Gasteiger partial charge in [-0.3, -0.25) is 0 Å². The maximum atomic E-state index is 5.31. The van der Waals surface area contributed by atoms with Gasteiger partial charge in [0.05, 0.1) is 20.2 Å². The molecule has 2 N–H and O–H groups in total. The summed E-state index contributed by atoms with van der Waals surface area (Å²) in [6.45, 7) is 7.16. The van der Waals surface area contributed by atoms with E-state index in [1.807, 2.05) is 6.07 Å². The fraction of sp³-hybridized carbons (Fsp3) is 0.571. The van der Waals surface area contributed by atoms with E-state index in [1.54, 1.807) is 7.11 Å². The molecule has 88 valence electrons. The highest BCUT2D eigenvalue weighted by Crippen LogP contribution is 2.32. The number of ether oxygens (including phenoxy) is 1. The van der Waals surface area contributed by atoms with E-state index < -0.39 is 0 Å².